The van der Waals surface area contributed by atoms with E-state index in [9.17, 15) is 19.7 Å². The van der Waals surface area contributed by atoms with Gasteiger partial charge >= 0.3 is 5.97 Å². The molecule has 0 amide bonds. The average molecular weight is 283 g/mol. The minimum atomic E-state index is -0.526. The lowest BCUT2D eigenvalue weighted by Crippen LogP contribution is -2.06. The van der Waals surface area contributed by atoms with E-state index in [4.69, 9.17) is 4.74 Å². The van der Waals surface area contributed by atoms with E-state index in [1.807, 2.05) is 0 Å². The van der Waals surface area contributed by atoms with Crippen LogP contribution in [0.1, 0.15) is 23.7 Å². The summed E-state index contributed by atoms with van der Waals surface area (Å²) in [5.74, 6) is -0.0132. The van der Waals surface area contributed by atoms with Crippen molar-refractivity contribution in [2.24, 2.45) is 0 Å². The molecular formula is C12H13NO5S. The van der Waals surface area contributed by atoms with E-state index in [0.717, 1.165) is 11.8 Å². The minimum Gasteiger partial charge on any atom is -0.466 e. The van der Waals surface area contributed by atoms with Crippen LogP contribution in [-0.2, 0) is 9.53 Å². The van der Waals surface area contributed by atoms with Crippen molar-refractivity contribution in [1.82, 2.24) is 0 Å². The fraction of sp³-hybridized carbons (Fsp3) is 0.333. The van der Waals surface area contributed by atoms with Gasteiger partial charge in [-0.15, -0.1) is 0 Å². The quantitative estimate of drug-likeness (QED) is 0.452. The Morgan fingerprint density at radius 3 is 2.47 bits per heavy atom. The molecule has 0 N–H and O–H groups in total. The molecule has 0 aromatic heterocycles. The van der Waals surface area contributed by atoms with E-state index in [0.29, 0.717) is 17.9 Å². The van der Waals surface area contributed by atoms with Crippen molar-refractivity contribution in [2.75, 3.05) is 12.4 Å². The molecule has 1 aromatic rings. The van der Waals surface area contributed by atoms with Gasteiger partial charge < -0.3 is 4.74 Å². The Balaban J connectivity index is 2.45. The number of hydrogen-bond donors (Lipinski definition) is 0. The van der Waals surface area contributed by atoms with Crippen molar-refractivity contribution in [2.45, 2.75) is 13.3 Å². The van der Waals surface area contributed by atoms with Crippen molar-refractivity contribution in [3.05, 3.63) is 39.9 Å². The summed E-state index contributed by atoms with van der Waals surface area (Å²) in [5, 5.41) is 10.2. The molecule has 1 rings (SSSR count). The highest BCUT2D eigenvalue weighted by Crippen LogP contribution is 2.17. The molecule has 0 atom stereocenters. The van der Waals surface area contributed by atoms with Crippen molar-refractivity contribution >= 4 is 28.5 Å². The van der Waals surface area contributed by atoms with E-state index in [1.54, 1.807) is 6.92 Å². The van der Waals surface area contributed by atoms with Gasteiger partial charge in [-0.05, 0) is 19.1 Å². The number of rotatable bonds is 6. The number of nitrogens with zero attached hydrogens (tertiary/aromatic N) is 1. The van der Waals surface area contributed by atoms with E-state index < -0.39 is 4.92 Å². The lowest BCUT2D eigenvalue weighted by molar-refractivity contribution is -0.384. The first-order valence-electron chi connectivity index (χ1n) is 5.61. The molecule has 0 saturated heterocycles. The highest BCUT2D eigenvalue weighted by atomic mass is 32.2. The zero-order valence-electron chi connectivity index (χ0n) is 10.3. The van der Waals surface area contributed by atoms with Gasteiger partial charge in [0.15, 0.2) is 0 Å². The maximum Gasteiger partial charge on any atom is 0.306 e. The third kappa shape index (κ3) is 5.09. The van der Waals surface area contributed by atoms with Gasteiger partial charge in [0.2, 0.25) is 5.12 Å². The molecule has 0 spiro atoms. The van der Waals surface area contributed by atoms with Gasteiger partial charge in [0.05, 0.1) is 18.0 Å². The molecule has 0 fully saturated rings. The van der Waals surface area contributed by atoms with Gasteiger partial charge in [0, 0.05) is 23.4 Å². The molecule has 0 bridgehead atoms. The van der Waals surface area contributed by atoms with Crippen LogP contribution < -0.4 is 0 Å². The second-order valence-electron chi connectivity index (χ2n) is 3.49. The number of ether oxygens (including phenoxy) is 1. The van der Waals surface area contributed by atoms with Gasteiger partial charge in [-0.3, -0.25) is 19.7 Å². The SMILES string of the molecule is CCOC(=O)CCSC(=O)c1ccc([N+](=O)[O-])cc1. The standard InChI is InChI=1S/C12H13NO5S/c1-2-18-11(14)7-8-19-12(15)9-3-5-10(6-4-9)13(16)17/h3-6H,2,7-8H2,1H3. The van der Waals surface area contributed by atoms with Crippen LogP contribution in [0, 0.1) is 10.1 Å². The first-order chi connectivity index (χ1) is 9.04. The number of thioether (sulfide) groups is 1. The molecule has 0 saturated carbocycles. The molecular weight excluding hydrogens is 270 g/mol. The maximum absolute atomic E-state index is 11.7. The number of nitro groups is 1. The van der Waals surface area contributed by atoms with Crippen LogP contribution in [0.2, 0.25) is 0 Å². The van der Waals surface area contributed by atoms with Crippen LogP contribution >= 0.6 is 11.8 Å². The Bertz CT molecular complexity index is 472. The predicted molar refractivity (Wildman–Crippen MR) is 71.1 cm³/mol. The summed E-state index contributed by atoms with van der Waals surface area (Å²) in [6.45, 7) is 2.03. The summed E-state index contributed by atoms with van der Waals surface area (Å²) in [5.41, 5.74) is 0.313. The zero-order valence-corrected chi connectivity index (χ0v) is 11.1. The number of carbonyl (C=O) groups excluding carboxylic acids is 2. The normalized spacial score (nSPS) is 9.95. The van der Waals surface area contributed by atoms with Gasteiger partial charge in [0.25, 0.3) is 5.69 Å². The van der Waals surface area contributed by atoms with Crippen molar-refractivity contribution in [3.63, 3.8) is 0 Å². The monoisotopic (exact) mass is 283 g/mol. The molecule has 0 radical (unpaired) electrons. The lowest BCUT2D eigenvalue weighted by atomic mass is 10.2. The number of esters is 1. The number of benzene rings is 1. The fourth-order valence-corrected chi connectivity index (χ4v) is 2.02. The summed E-state index contributed by atoms with van der Waals surface area (Å²) in [4.78, 5) is 32.7. The topological polar surface area (TPSA) is 86.5 Å². The maximum atomic E-state index is 11.7. The van der Waals surface area contributed by atoms with Crippen LogP contribution in [0.25, 0.3) is 0 Å². The number of hydrogen-bond acceptors (Lipinski definition) is 6. The molecule has 0 aliphatic carbocycles. The molecule has 6 nitrogen and oxygen atoms in total. The Kier molecular flexibility index (Phi) is 6.01. The second kappa shape index (κ2) is 7.52. The Morgan fingerprint density at radius 2 is 1.95 bits per heavy atom. The smallest absolute Gasteiger partial charge is 0.306 e. The fourth-order valence-electron chi connectivity index (χ4n) is 1.26. The average Bonchev–Trinajstić information content (AvgIpc) is 2.39. The van der Waals surface area contributed by atoms with Crippen LogP contribution in [0.3, 0.4) is 0 Å². The molecule has 0 heterocycles. The Labute approximate surface area is 114 Å². The van der Waals surface area contributed by atoms with Gasteiger partial charge in [0.1, 0.15) is 0 Å². The van der Waals surface area contributed by atoms with Crippen LogP contribution in [-0.4, -0.2) is 28.4 Å². The second-order valence-corrected chi connectivity index (χ2v) is 4.56. The van der Waals surface area contributed by atoms with Crippen molar-refractivity contribution in [3.8, 4) is 0 Å². The Morgan fingerprint density at radius 1 is 1.32 bits per heavy atom. The summed E-state index contributed by atoms with van der Waals surface area (Å²) in [6.07, 6.45) is 0.164. The van der Waals surface area contributed by atoms with Gasteiger partial charge in [-0.25, -0.2) is 0 Å². The number of non-ortho nitro benzene ring substituents is 1. The first kappa shape index (κ1) is 15.2. The summed E-state index contributed by atoms with van der Waals surface area (Å²) >= 11 is 0.988. The summed E-state index contributed by atoms with van der Waals surface area (Å²) < 4.78 is 4.73. The number of nitro benzene ring substituents is 1. The Hall–Kier alpha value is -1.89. The molecule has 0 aliphatic heterocycles. The largest absolute Gasteiger partial charge is 0.466 e. The van der Waals surface area contributed by atoms with Crippen LogP contribution in [0.5, 0.6) is 0 Å². The lowest BCUT2D eigenvalue weighted by Gasteiger charge is -2.01. The van der Waals surface area contributed by atoms with Crippen molar-refractivity contribution < 1.29 is 19.2 Å². The molecule has 7 heteroatoms. The van der Waals surface area contributed by atoms with Gasteiger partial charge in [-0.1, -0.05) is 11.8 Å². The third-order valence-corrected chi connectivity index (χ3v) is 3.06. The van der Waals surface area contributed by atoms with Gasteiger partial charge in [-0.2, -0.15) is 0 Å². The van der Waals surface area contributed by atoms with Crippen LogP contribution in [0.15, 0.2) is 24.3 Å². The highest BCUT2D eigenvalue weighted by Gasteiger charge is 2.11. The van der Waals surface area contributed by atoms with E-state index >= 15 is 0 Å². The molecule has 102 valence electrons. The highest BCUT2D eigenvalue weighted by molar-refractivity contribution is 8.14. The predicted octanol–water partition coefficient (Wildman–Crippen LogP) is 2.42. The number of carbonyl (C=O) groups is 2. The van der Waals surface area contributed by atoms with E-state index in [1.165, 1.54) is 24.3 Å². The van der Waals surface area contributed by atoms with Crippen molar-refractivity contribution in [1.29, 1.82) is 0 Å². The molecule has 1 aromatic carbocycles. The van der Waals surface area contributed by atoms with E-state index in [-0.39, 0.29) is 23.2 Å². The summed E-state index contributed by atoms with van der Waals surface area (Å²) in [6, 6.07) is 5.36. The van der Waals surface area contributed by atoms with E-state index in [2.05, 4.69) is 0 Å². The third-order valence-electron chi connectivity index (χ3n) is 2.16. The summed E-state index contributed by atoms with van der Waals surface area (Å²) in [7, 11) is 0. The molecule has 19 heavy (non-hydrogen) atoms. The minimum absolute atomic E-state index is 0.0620. The molecule has 0 unspecified atom stereocenters. The molecule has 0 aliphatic rings. The first-order valence-corrected chi connectivity index (χ1v) is 6.60. The zero-order chi connectivity index (χ0) is 14.3. The van der Waals surface area contributed by atoms with Crippen LogP contribution in [0.4, 0.5) is 5.69 Å².